The summed E-state index contributed by atoms with van der Waals surface area (Å²) in [6, 6.07) is 11.8. The first-order chi connectivity index (χ1) is 11.7. The van der Waals surface area contributed by atoms with Gasteiger partial charge in [-0.1, -0.05) is 37.6 Å². The molecule has 0 spiro atoms. The summed E-state index contributed by atoms with van der Waals surface area (Å²) in [7, 11) is 0. The predicted molar refractivity (Wildman–Crippen MR) is 104 cm³/mol. The summed E-state index contributed by atoms with van der Waals surface area (Å²) in [6.07, 6.45) is 2.89. The van der Waals surface area contributed by atoms with Crippen molar-refractivity contribution in [2.75, 3.05) is 19.8 Å². The van der Waals surface area contributed by atoms with Gasteiger partial charge in [-0.3, -0.25) is 0 Å². The maximum Gasteiger partial charge on any atom is 0.134 e. The Balaban J connectivity index is 0.00000312. The van der Waals surface area contributed by atoms with Crippen molar-refractivity contribution in [1.29, 1.82) is 0 Å². The Bertz CT molecular complexity index is 581. The molecule has 5 heteroatoms. The van der Waals surface area contributed by atoms with Gasteiger partial charge >= 0.3 is 0 Å². The fraction of sp³-hybridized carbons (Fsp3) is 0.500. The number of furan rings is 1. The van der Waals surface area contributed by atoms with Gasteiger partial charge in [0.05, 0.1) is 12.6 Å². The number of hydrogen-bond acceptors (Lipinski definition) is 4. The summed E-state index contributed by atoms with van der Waals surface area (Å²) in [5.74, 6) is 1.78. The number of nitrogens with one attached hydrogen (secondary N) is 1. The Kier molecular flexibility index (Phi) is 10.5. The second-order valence-corrected chi connectivity index (χ2v) is 6.06. The number of unbranched alkanes of at least 4 members (excludes halogenated alkanes) is 1. The van der Waals surface area contributed by atoms with Crippen LogP contribution in [0.4, 0.5) is 0 Å². The van der Waals surface area contributed by atoms with Crippen LogP contribution in [0.1, 0.15) is 50.5 Å². The molecular weight excluding hydrogens is 338 g/mol. The van der Waals surface area contributed by atoms with Crippen LogP contribution in [0.2, 0.25) is 0 Å². The minimum Gasteiger partial charge on any atom is -0.460 e. The van der Waals surface area contributed by atoms with Gasteiger partial charge in [0.1, 0.15) is 11.5 Å². The van der Waals surface area contributed by atoms with Crippen molar-refractivity contribution in [2.45, 2.75) is 45.8 Å². The fourth-order valence-corrected chi connectivity index (χ4v) is 2.41. The number of benzene rings is 1. The third-order valence-electron chi connectivity index (χ3n) is 3.92. The Morgan fingerprint density at radius 2 is 1.80 bits per heavy atom. The van der Waals surface area contributed by atoms with E-state index in [1.807, 2.05) is 36.4 Å². The molecule has 140 valence electrons. The molecule has 0 saturated heterocycles. The van der Waals surface area contributed by atoms with Crippen LogP contribution in [0, 0.1) is 0 Å². The molecule has 2 aromatic rings. The highest BCUT2D eigenvalue weighted by atomic mass is 35.5. The van der Waals surface area contributed by atoms with E-state index in [1.54, 1.807) is 6.92 Å². The van der Waals surface area contributed by atoms with Gasteiger partial charge in [0, 0.05) is 18.8 Å². The second-order valence-electron chi connectivity index (χ2n) is 6.06. The number of aliphatic hydroxyl groups excluding tert-OH is 1. The zero-order chi connectivity index (χ0) is 17.2. The van der Waals surface area contributed by atoms with E-state index in [9.17, 15) is 5.11 Å². The van der Waals surface area contributed by atoms with Crippen molar-refractivity contribution < 1.29 is 14.3 Å². The van der Waals surface area contributed by atoms with Crippen molar-refractivity contribution in [1.82, 2.24) is 5.32 Å². The molecular formula is C20H30ClNO3. The monoisotopic (exact) mass is 367 g/mol. The molecule has 0 aliphatic rings. The lowest BCUT2D eigenvalue weighted by Crippen LogP contribution is -2.16. The number of rotatable bonds is 11. The van der Waals surface area contributed by atoms with Gasteiger partial charge in [0.2, 0.25) is 0 Å². The van der Waals surface area contributed by atoms with E-state index < -0.39 is 6.10 Å². The largest absolute Gasteiger partial charge is 0.460 e. The van der Waals surface area contributed by atoms with Crippen molar-refractivity contribution in [2.24, 2.45) is 0 Å². The lowest BCUT2D eigenvalue weighted by molar-refractivity contribution is 0.128. The molecule has 4 nitrogen and oxygen atoms in total. The molecule has 0 aliphatic carbocycles. The molecule has 1 atom stereocenters. The van der Waals surface area contributed by atoms with Crippen LogP contribution in [0.5, 0.6) is 0 Å². The van der Waals surface area contributed by atoms with Gasteiger partial charge < -0.3 is 19.6 Å². The molecule has 1 unspecified atom stereocenters. The Morgan fingerprint density at radius 1 is 1.08 bits per heavy atom. The van der Waals surface area contributed by atoms with Gasteiger partial charge in [0.25, 0.3) is 0 Å². The number of aliphatic hydroxyl groups is 1. The smallest absolute Gasteiger partial charge is 0.134 e. The molecule has 1 heterocycles. The molecule has 0 radical (unpaired) electrons. The topological polar surface area (TPSA) is 54.6 Å². The molecule has 2 rings (SSSR count). The molecule has 1 aromatic carbocycles. The van der Waals surface area contributed by atoms with Gasteiger partial charge in [0.15, 0.2) is 0 Å². The zero-order valence-electron chi connectivity index (χ0n) is 15.2. The fourth-order valence-electron chi connectivity index (χ4n) is 2.41. The highest BCUT2D eigenvalue weighted by Gasteiger charge is 2.06. The summed E-state index contributed by atoms with van der Waals surface area (Å²) >= 11 is 0. The third-order valence-corrected chi connectivity index (χ3v) is 3.92. The average Bonchev–Trinajstić information content (AvgIpc) is 3.06. The van der Waals surface area contributed by atoms with Crippen LogP contribution < -0.4 is 5.32 Å². The van der Waals surface area contributed by atoms with Gasteiger partial charge in [-0.25, -0.2) is 0 Å². The minimum atomic E-state index is -0.443. The predicted octanol–water partition coefficient (Wildman–Crippen LogP) is 4.72. The molecule has 2 N–H and O–H groups in total. The first kappa shape index (κ1) is 21.7. The second kappa shape index (κ2) is 12.1. The maximum atomic E-state index is 9.55. The first-order valence-electron chi connectivity index (χ1n) is 8.86. The zero-order valence-corrected chi connectivity index (χ0v) is 16.0. The third kappa shape index (κ3) is 7.61. The van der Waals surface area contributed by atoms with Crippen LogP contribution in [0.15, 0.2) is 40.8 Å². The van der Waals surface area contributed by atoms with Crippen LogP contribution in [-0.4, -0.2) is 24.9 Å². The average molecular weight is 368 g/mol. The highest BCUT2D eigenvalue weighted by molar-refractivity contribution is 5.85. The summed E-state index contributed by atoms with van der Waals surface area (Å²) in [6.45, 7) is 7.26. The van der Waals surface area contributed by atoms with Gasteiger partial charge in [-0.05, 0) is 44.0 Å². The van der Waals surface area contributed by atoms with E-state index >= 15 is 0 Å². The number of ether oxygens (including phenoxy) is 1. The summed E-state index contributed by atoms with van der Waals surface area (Å²) < 4.78 is 11.4. The number of halogens is 1. The molecule has 0 amide bonds. The molecule has 1 aromatic heterocycles. The minimum absolute atomic E-state index is 0. The van der Waals surface area contributed by atoms with E-state index in [0.717, 1.165) is 61.8 Å². The van der Waals surface area contributed by atoms with Crippen molar-refractivity contribution in [3.05, 3.63) is 47.7 Å². The van der Waals surface area contributed by atoms with E-state index in [2.05, 4.69) is 12.2 Å². The van der Waals surface area contributed by atoms with Gasteiger partial charge in [-0.15, -0.1) is 12.4 Å². The summed E-state index contributed by atoms with van der Waals surface area (Å²) in [5, 5.41) is 12.9. The standard InChI is InChI=1S/C20H29NO3.ClH/c1-3-4-13-23-14-5-12-21-15-19-10-11-20(24-19)18-8-6-17(7-9-18)16(2)22;/h6-11,16,21-22H,3-5,12-15H2,1-2H3;1H. The van der Waals surface area contributed by atoms with E-state index in [0.29, 0.717) is 0 Å². The maximum absolute atomic E-state index is 9.55. The first-order valence-corrected chi connectivity index (χ1v) is 8.86. The molecule has 0 saturated carbocycles. The van der Waals surface area contributed by atoms with Crippen molar-refractivity contribution in [3.63, 3.8) is 0 Å². The van der Waals surface area contributed by atoms with Gasteiger partial charge in [-0.2, -0.15) is 0 Å². The van der Waals surface area contributed by atoms with Crippen molar-refractivity contribution >= 4 is 12.4 Å². The number of hydrogen-bond donors (Lipinski definition) is 2. The van der Waals surface area contributed by atoms with E-state index in [-0.39, 0.29) is 12.4 Å². The molecule has 0 bridgehead atoms. The van der Waals surface area contributed by atoms with Crippen LogP contribution in [0.25, 0.3) is 11.3 Å². The normalized spacial score (nSPS) is 12.0. The van der Waals surface area contributed by atoms with Crippen LogP contribution in [-0.2, 0) is 11.3 Å². The molecule has 25 heavy (non-hydrogen) atoms. The quantitative estimate of drug-likeness (QED) is 0.564. The Hall–Kier alpha value is -1.33. The summed E-state index contributed by atoms with van der Waals surface area (Å²) in [5.41, 5.74) is 1.93. The Labute approximate surface area is 157 Å². The van der Waals surface area contributed by atoms with Crippen LogP contribution in [0.3, 0.4) is 0 Å². The van der Waals surface area contributed by atoms with Crippen molar-refractivity contribution in [3.8, 4) is 11.3 Å². The lowest BCUT2D eigenvalue weighted by atomic mass is 10.1. The Morgan fingerprint density at radius 3 is 2.48 bits per heavy atom. The van der Waals surface area contributed by atoms with Crippen LogP contribution >= 0.6 is 12.4 Å². The molecule has 0 aliphatic heterocycles. The van der Waals surface area contributed by atoms with E-state index in [1.165, 1.54) is 6.42 Å². The van der Waals surface area contributed by atoms with E-state index in [4.69, 9.17) is 9.15 Å². The SMILES string of the molecule is CCCCOCCCNCc1ccc(-c2ccc(C(C)O)cc2)o1.Cl. The highest BCUT2D eigenvalue weighted by Crippen LogP contribution is 2.24. The lowest BCUT2D eigenvalue weighted by Gasteiger charge is -2.05. The summed E-state index contributed by atoms with van der Waals surface area (Å²) in [4.78, 5) is 0. The molecule has 0 fully saturated rings.